The molecule has 1 saturated heterocycles. The van der Waals surface area contributed by atoms with Gasteiger partial charge in [-0.2, -0.15) is 0 Å². The Morgan fingerprint density at radius 3 is 2.00 bits per heavy atom. The van der Waals surface area contributed by atoms with Gasteiger partial charge >= 0.3 is 12.1 Å². The van der Waals surface area contributed by atoms with E-state index in [1.165, 1.54) is 0 Å². The van der Waals surface area contributed by atoms with E-state index in [-0.39, 0.29) is 11.6 Å². The minimum Gasteiger partial charge on any atom is -0.465 e. The molecule has 8 heteroatoms. The summed E-state index contributed by atoms with van der Waals surface area (Å²) in [6.07, 6.45) is -1.34. The van der Waals surface area contributed by atoms with Gasteiger partial charge in [-0.25, -0.2) is 4.79 Å². The van der Waals surface area contributed by atoms with E-state index in [1.54, 1.807) is 11.8 Å². The molecular weight excluding hydrogens is 402 g/mol. The van der Waals surface area contributed by atoms with Crippen LogP contribution in [0, 0.1) is 5.41 Å². The summed E-state index contributed by atoms with van der Waals surface area (Å²) < 4.78 is 17.2. The van der Waals surface area contributed by atoms with Crippen LogP contribution >= 0.6 is 0 Å². The molecule has 1 heterocycles. The first-order valence-electron chi connectivity index (χ1n) is 11.0. The third-order valence-corrected chi connectivity index (χ3v) is 10.9. The highest BCUT2D eigenvalue weighted by atomic mass is 28.4. The second kappa shape index (κ2) is 9.57. The Balaban J connectivity index is 3.03. The number of likely N-dealkylation sites (tertiary alicyclic amines) is 1. The Bertz CT molecular complexity index is 600. The van der Waals surface area contributed by atoms with E-state index >= 15 is 0 Å². The maximum absolute atomic E-state index is 13.0. The van der Waals surface area contributed by atoms with Crippen molar-refractivity contribution in [2.75, 3.05) is 19.7 Å². The van der Waals surface area contributed by atoms with Gasteiger partial charge in [0.25, 0.3) is 0 Å². The third kappa shape index (κ3) is 6.44. The molecule has 176 valence electrons. The van der Waals surface area contributed by atoms with Crippen molar-refractivity contribution in [1.29, 1.82) is 0 Å². The monoisotopic (exact) mass is 445 g/mol. The molecule has 0 saturated carbocycles. The summed E-state index contributed by atoms with van der Waals surface area (Å²) >= 11 is 0. The van der Waals surface area contributed by atoms with E-state index in [4.69, 9.17) is 13.9 Å². The summed E-state index contributed by atoms with van der Waals surface area (Å²) in [5, 5.41) is 11.3. The Kier molecular flexibility index (Phi) is 8.58. The average molecular weight is 446 g/mol. The second-order valence-corrected chi connectivity index (χ2v) is 15.6. The van der Waals surface area contributed by atoms with Gasteiger partial charge in [0.15, 0.2) is 8.32 Å². The highest BCUT2D eigenvalue weighted by Crippen LogP contribution is 2.42. The van der Waals surface area contributed by atoms with Gasteiger partial charge in [-0.1, -0.05) is 20.8 Å². The van der Waals surface area contributed by atoms with Crippen molar-refractivity contribution in [3.63, 3.8) is 0 Å². The van der Waals surface area contributed by atoms with Crippen molar-refractivity contribution >= 4 is 20.4 Å². The highest BCUT2D eigenvalue weighted by Gasteiger charge is 2.52. The molecule has 0 radical (unpaired) electrons. The van der Waals surface area contributed by atoms with Crippen molar-refractivity contribution in [3.05, 3.63) is 0 Å². The molecule has 30 heavy (non-hydrogen) atoms. The Morgan fingerprint density at radius 2 is 1.60 bits per heavy atom. The predicted molar refractivity (Wildman–Crippen MR) is 120 cm³/mol. The number of hydrogen-bond donors (Lipinski definition) is 1. The number of aliphatic hydroxyl groups is 1. The molecule has 0 spiro atoms. The van der Waals surface area contributed by atoms with Crippen molar-refractivity contribution in [3.8, 4) is 0 Å². The van der Waals surface area contributed by atoms with Crippen molar-refractivity contribution in [1.82, 2.24) is 4.90 Å². The molecule has 1 fully saturated rings. The van der Waals surface area contributed by atoms with E-state index in [0.717, 1.165) is 0 Å². The van der Waals surface area contributed by atoms with E-state index < -0.39 is 43.6 Å². The van der Waals surface area contributed by atoms with E-state index in [0.29, 0.717) is 25.9 Å². The summed E-state index contributed by atoms with van der Waals surface area (Å²) in [5.41, 5.74) is -1.69. The molecule has 1 aliphatic rings. The largest absolute Gasteiger partial charge is 0.465 e. The van der Waals surface area contributed by atoms with Crippen LogP contribution in [-0.4, -0.2) is 67.9 Å². The number of amides is 1. The normalized spacial score (nSPS) is 19.8. The molecule has 1 rings (SSSR count). The van der Waals surface area contributed by atoms with Crippen LogP contribution in [0.4, 0.5) is 4.79 Å². The van der Waals surface area contributed by atoms with Gasteiger partial charge in [0.05, 0.1) is 24.2 Å². The van der Waals surface area contributed by atoms with Gasteiger partial charge in [-0.3, -0.25) is 4.79 Å². The average Bonchev–Trinajstić information content (AvgIpc) is 2.58. The lowest BCUT2D eigenvalue weighted by molar-refractivity contribution is -0.173. The van der Waals surface area contributed by atoms with Crippen LogP contribution in [0.2, 0.25) is 18.1 Å². The third-order valence-electron chi connectivity index (χ3n) is 6.29. The van der Waals surface area contributed by atoms with Gasteiger partial charge in [0, 0.05) is 13.1 Å². The fraction of sp³-hybridized carbons (Fsp3) is 0.909. The first-order valence-corrected chi connectivity index (χ1v) is 13.9. The Labute approximate surface area is 183 Å². The van der Waals surface area contributed by atoms with Crippen LogP contribution in [0.1, 0.15) is 68.2 Å². The quantitative estimate of drug-likeness (QED) is 0.484. The molecular formula is C22H43NO6Si. The summed E-state index contributed by atoms with van der Waals surface area (Å²) in [5.74, 6) is -0.424. The molecule has 0 aliphatic carbocycles. The van der Waals surface area contributed by atoms with Crippen molar-refractivity contribution in [2.45, 2.75) is 104 Å². The second-order valence-electron chi connectivity index (χ2n) is 10.9. The predicted octanol–water partition coefficient (Wildman–Crippen LogP) is 4.34. The lowest BCUT2D eigenvalue weighted by atomic mass is 9.72. The fourth-order valence-corrected chi connectivity index (χ4v) is 4.88. The number of rotatable bonds is 6. The van der Waals surface area contributed by atoms with Gasteiger partial charge in [-0.15, -0.1) is 0 Å². The smallest absolute Gasteiger partial charge is 0.410 e. The van der Waals surface area contributed by atoms with Crippen LogP contribution in [0.25, 0.3) is 0 Å². The summed E-state index contributed by atoms with van der Waals surface area (Å²) in [6.45, 7) is 20.6. The first-order chi connectivity index (χ1) is 13.5. The topological polar surface area (TPSA) is 85.3 Å². The van der Waals surface area contributed by atoms with E-state index in [9.17, 15) is 14.7 Å². The standard InChI is InChI=1S/C22H43NO6Si/c1-11-27-18(25)22(17(24)16(2)29-30(9,10)21(6,7)8)12-14-23(15-13-22)19(26)28-20(3,4)5/h16-17,24H,11-15H2,1-10H3/t16-,17?/m1/s1. The lowest BCUT2D eigenvalue weighted by Gasteiger charge is -2.46. The van der Waals surface area contributed by atoms with Gasteiger partial charge < -0.3 is 23.9 Å². The number of carbonyl (C=O) groups excluding carboxylic acids is 2. The molecule has 0 bridgehead atoms. The maximum Gasteiger partial charge on any atom is 0.410 e. The SMILES string of the molecule is CCOC(=O)C1(C(O)[C@@H](C)O[Si](C)(C)C(C)(C)C)CCN(C(=O)OC(C)(C)C)CC1. The van der Waals surface area contributed by atoms with Crippen molar-refractivity contribution < 1.29 is 28.6 Å². The van der Waals surface area contributed by atoms with Crippen LogP contribution in [0.5, 0.6) is 0 Å². The van der Waals surface area contributed by atoms with Gasteiger partial charge in [0.2, 0.25) is 0 Å². The number of hydrogen-bond acceptors (Lipinski definition) is 6. The zero-order chi connectivity index (χ0) is 23.5. The summed E-state index contributed by atoms with van der Waals surface area (Å²) in [4.78, 5) is 27.0. The number of ether oxygens (including phenoxy) is 2. The van der Waals surface area contributed by atoms with Gasteiger partial charge in [-0.05, 0) is 65.6 Å². The number of nitrogens with zero attached hydrogens (tertiary/aromatic N) is 1. The molecule has 2 atom stereocenters. The molecule has 1 amide bonds. The van der Waals surface area contributed by atoms with Crippen LogP contribution < -0.4 is 0 Å². The zero-order valence-electron chi connectivity index (χ0n) is 20.6. The number of carbonyl (C=O) groups is 2. The molecule has 0 aromatic carbocycles. The highest BCUT2D eigenvalue weighted by molar-refractivity contribution is 6.74. The van der Waals surface area contributed by atoms with Crippen molar-refractivity contribution in [2.24, 2.45) is 5.41 Å². The van der Waals surface area contributed by atoms with E-state index in [2.05, 4.69) is 33.9 Å². The first kappa shape index (κ1) is 26.9. The summed E-state index contributed by atoms with van der Waals surface area (Å²) in [7, 11) is -2.14. The zero-order valence-corrected chi connectivity index (χ0v) is 21.6. The molecule has 0 aromatic rings. The molecule has 1 N–H and O–H groups in total. The number of aliphatic hydroxyl groups excluding tert-OH is 1. The fourth-order valence-electron chi connectivity index (χ4n) is 3.47. The molecule has 1 unspecified atom stereocenters. The maximum atomic E-state index is 13.0. The lowest BCUT2D eigenvalue weighted by Crippen LogP contribution is -2.58. The minimum atomic E-state index is -2.14. The van der Waals surface area contributed by atoms with Crippen LogP contribution in [-0.2, 0) is 18.7 Å². The van der Waals surface area contributed by atoms with Gasteiger partial charge in [0.1, 0.15) is 5.60 Å². The number of piperidine rings is 1. The van der Waals surface area contributed by atoms with Crippen LogP contribution in [0.15, 0.2) is 0 Å². The molecule has 0 aromatic heterocycles. The summed E-state index contributed by atoms with van der Waals surface area (Å²) in [6, 6.07) is 0. The minimum absolute atomic E-state index is 0.0157. The molecule has 7 nitrogen and oxygen atoms in total. The Hall–Kier alpha value is -1.12. The Morgan fingerprint density at radius 1 is 1.10 bits per heavy atom. The number of esters is 1. The van der Waals surface area contributed by atoms with E-state index in [1.807, 2.05) is 27.7 Å². The molecule has 1 aliphatic heterocycles. The van der Waals surface area contributed by atoms with Crippen LogP contribution in [0.3, 0.4) is 0 Å².